The van der Waals surface area contributed by atoms with E-state index in [9.17, 15) is 14.4 Å². The Morgan fingerprint density at radius 2 is 1.96 bits per heavy atom. The van der Waals surface area contributed by atoms with E-state index in [0.717, 1.165) is 10.4 Å². The van der Waals surface area contributed by atoms with Gasteiger partial charge in [-0.05, 0) is 33.3 Å². The zero-order valence-electron chi connectivity index (χ0n) is 16.2. The molecule has 1 fully saturated rings. The molecule has 27 heavy (non-hydrogen) atoms. The Bertz CT molecular complexity index is 972. The van der Waals surface area contributed by atoms with Crippen LogP contribution < -0.4 is 16.6 Å². The van der Waals surface area contributed by atoms with Gasteiger partial charge >= 0.3 is 11.7 Å². The smallest absolute Gasteiger partial charge is 0.332 e. The summed E-state index contributed by atoms with van der Waals surface area (Å²) in [6.45, 7) is 10.4. The van der Waals surface area contributed by atoms with Crippen molar-refractivity contribution in [2.45, 2.75) is 53.4 Å². The third-order valence-electron chi connectivity index (χ3n) is 4.75. The number of carbonyl (C=O) groups is 1. The molecule has 9 heteroatoms. The number of hydrogen-bond donors (Lipinski definition) is 1. The van der Waals surface area contributed by atoms with Crippen LogP contribution in [0.25, 0.3) is 10.2 Å². The highest BCUT2D eigenvalue weighted by Gasteiger charge is 2.24. The van der Waals surface area contributed by atoms with E-state index in [-0.39, 0.29) is 23.4 Å². The Balaban J connectivity index is 2.09. The fraction of sp³-hybridized carbons (Fsp3) is 0.611. The minimum absolute atomic E-state index is 0.0718. The fourth-order valence-corrected chi connectivity index (χ4v) is 4.61. The Kier molecular flexibility index (Phi) is 5.71. The Morgan fingerprint density at radius 1 is 1.22 bits per heavy atom. The molecule has 0 saturated carbocycles. The second-order valence-corrected chi connectivity index (χ2v) is 7.97. The molecule has 1 N–H and O–H groups in total. The summed E-state index contributed by atoms with van der Waals surface area (Å²) < 4.78 is 8.51. The molecule has 0 aromatic carbocycles. The van der Waals surface area contributed by atoms with E-state index >= 15 is 0 Å². The van der Waals surface area contributed by atoms with Crippen LogP contribution in [0.15, 0.2) is 9.59 Å². The molecule has 2 amide bonds. The molecule has 1 aliphatic rings. The van der Waals surface area contributed by atoms with Crippen molar-refractivity contribution in [3.05, 3.63) is 31.3 Å². The molecule has 0 spiro atoms. The van der Waals surface area contributed by atoms with E-state index in [1.54, 1.807) is 16.4 Å². The van der Waals surface area contributed by atoms with Gasteiger partial charge in [-0.1, -0.05) is 0 Å². The topological polar surface area (TPSA) is 85.6 Å². The molecule has 3 heterocycles. The van der Waals surface area contributed by atoms with Gasteiger partial charge in [0, 0.05) is 24.5 Å². The molecular formula is C18H26N4O4S. The van der Waals surface area contributed by atoms with Crippen molar-refractivity contribution < 1.29 is 9.53 Å². The lowest BCUT2D eigenvalue weighted by molar-refractivity contribution is 0.0725. The van der Waals surface area contributed by atoms with E-state index in [0.29, 0.717) is 49.5 Å². The second kappa shape index (κ2) is 7.85. The van der Waals surface area contributed by atoms with Crippen LogP contribution in [0.4, 0.5) is 4.79 Å². The predicted molar refractivity (Wildman–Crippen MR) is 106 cm³/mol. The predicted octanol–water partition coefficient (Wildman–Crippen LogP) is 1.50. The fourth-order valence-electron chi connectivity index (χ4n) is 3.28. The van der Waals surface area contributed by atoms with Gasteiger partial charge in [-0.3, -0.25) is 13.9 Å². The largest absolute Gasteiger partial charge is 0.377 e. The standard InChI is InChI=1S/C18H26N4O4S/c1-5-21-15(23)14-12(4)13(10-20-7-6-19-17(20)24)27-16(14)22(18(21)25)8-9-26-11(2)3/h11H,5-10H2,1-4H3,(H,19,24). The first-order valence-electron chi connectivity index (χ1n) is 9.25. The van der Waals surface area contributed by atoms with Crippen molar-refractivity contribution in [2.24, 2.45) is 0 Å². The molecule has 1 saturated heterocycles. The molecule has 0 radical (unpaired) electrons. The van der Waals surface area contributed by atoms with Gasteiger partial charge in [0.15, 0.2) is 0 Å². The van der Waals surface area contributed by atoms with Gasteiger partial charge in [0.05, 0.1) is 31.2 Å². The number of nitrogens with one attached hydrogen (secondary N) is 1. The van der Waals surface area contributed by atoms with Crippen LogP contribution in [0.3, 0.4) is 0 Å². The lowest BCUT2D eigenvalue weighted by Gasteiger charge is -2.12. The molecule has 0 bridgehead atoms. The highest BCUT2D eigenvalue weighted by Crippen LogP contribution is 2.29. The number of hydrogen-bond acceptors (Lipinski definition) is 5. The van der Waals surface area contributed by atoms with Gasteiger partial charge in [-0.2, -0.15) is 0 Å². The lowest BCUT2D eigenvalue weighted by atomic mass is 10.2. The highest BCUT2D eigenvalue weighted by atomic mass is 32.1. The number of ether oxygens (including phenoxy) is 1. The average Bonchev–Trinajstić information content (AvgIpc) is 3.15. The van der Waals surface area contributed by atoms with Crippen LogP contribution in [-0.4, -0.2) is 45.9 Å². The second-order valence-electron chi connectivity index (χ2n) is 6.89. The molecule has 3 rings (SSSR count). The molecule has 8 nitrogen and oxygen atoms in total. The number of aromatic nitrogens is 2. The quantitative estimate of drug-likeness (QED) is 0.771. The summed E-state index contributed by atoms with van der Waals surface area (Å²) in [5, 5.41) is 3.36. The summed E-state index contributed by atoms with van der Waals surface area (Å²) in [6, 6.07) is -0.0967. The SMILES string of the molecule is CCn1c(=O)c2c(C)c(CN3CCNC3=O)sc2n(CCOC(C)C)c1=O. The summed E-state index contributed by atoms with van der Waals surface area (Å²) >= 11 is 1.42. The third-order valence-corrected chi connectivity index (χ3v) is 6.05. The van der Waals surface area contributed by atoms with Crippen molar-refractivity contribution in [1.29, 1.82) is 0 Å². The van der Waals surface area contributed by atoms with Crippen LogP contribution >= 0.6 is 11.3 Å². The lowest BCUT2D eigenvalue weighted by Crippen LogP contribution is -2.40. The van der Waals surface area contributed by atoms with Gasteiger partial charge in [-0.25, -0.2) is 9.59 Å². The number of urea groups is 1. The number of carbonyl (C=O) groups excluding carboxylic acids is 1. The number of fused-ring (bicyclic) bond motifs is 1. The van der Waals surface area contributed by atoms with Crippen molar-refractivity contribution in [3.63, 3.8) is 0 Å². The minimum atomic E-state index is -0.311. The summed E-state index contributed by atoms with van der Waals surface area (Å²) in [4.78, 5) is 40.9. The Labute approximate surface area is 161 Å². The van der Waals surface area contributed by atoms with Gasteiger partial charge in [0.1, 0.15) is 4.83 Å². The third kappa shape index (κ3) is 3.66. The van der Waals surface area contributed by atoms with Crippen molar-refractivity contribution in [2.75, 3.05) is 19.7 Å². The van der Waals surface area contributed by atoms with Crippen LogP contribution in [0.5, 0.6) is 0 Å². The summed E-state index contributed by atoms with van der Waals surface area (Å²) in [5.41, 5.74) is 0.277. The molecule has 148 valence electrons. The van der Waals surface area contributed by atoms with Crippen molar-refractivity contribution in [1.82, 2.24) is 19.4 Å². The molecule has 0 aliphatic carbocycles. The average molecular weight is 394 g/mol. The summed E-state index contributed by atoms with van der Waals surface area (Å²) in [7, 11) is 0. The molecule has 1 aliphatic heterocycles. The number of rotatable bonds is 7. The maximum Gasteiger partial charge on any atom is 0.332 e. The van der Waals surface area contributed by atoms with Crippen LogP contribution in [0, 0.1) is 6.92 Å². The summed E-state index contributed by atoms with van der Waals surface area (Å²) in [6.07, 6.45) is 0.0718. The van der Waals surface area contributed by atoms with Crippen molar-refractivity contribution in [3.8, 4) is 0 Å². The first kappa shape index (κ1) is 19.6. The minimum Gasteiger partial charge on any atom is -0.377 e. The zero-order valence-corrected chi connectivity index (χ0v) is 17.0. The number of amides is 2. The molecular weight excluding hydrogens is 368 g/mol. The number of thiophene rings is 1. The van der Waals surface area contributed by atoms with E-state index in [1.165, 1.54) is 15.9 Å². The van der Waals surface area contributed by atoms with Crippen molar-refractivity contribution >= 4 is 27.6 Å². The Hall–Kier alpha value is -2.13. The van der Waals surface area contributed by atoms with Gasteiger partial charge in [0.2, 0.25) is 0 Å². The molecule has 0 atom stereocenters. The first-order valence-corrected chi connectivity index (χ1v) is 10.1. The normalized spacial score (nSPS) is 14.6. The molecule has 2 aromatic heterocycles. The monoisotopic (exact) mass is 394 g/mol. The first-order chi connectivity index (χ1) is 12.8. The Morgan fingerprint density at radius 3 is 2.56 bits per heavy atom. The zero-order chi connectivity index (χ0) is 19.7. The van der Waals surface area contributed by atoms with Crippen LogP contribution in [0.1, 0.15) is 31.2 Å². The maximum absolute atomic E-state index is 12.9. The maximum atomic E-state index is 12.9. The number of nitrogens with zero attached hydrogens (tertiary/aromatic N) is 3. The van der Waals surface area contributed by atoms with Crippen LogP contribution in [-0.2, 0) is 24.4 Å². The van der Waals surface area contributed by atoms with Crippen LogP contribution in [0.2, 0.25) is 0 Å². The van der Waals surface area contributed by atoms with E-state index in [1.807, 2.05) is 20.8 Å². The molecule has 2 aromatic rings. The van der Waals surface area contributed by atoms with E-state index < -0.39 is 0 Å². The highest BCUT2D eigenvalue weighted by molar-refractivity contribution is 7.18. The summed E-state index contributed by atoms with van der Waals surface area (Å²) in [5.74, 6) is 0. The van der Waals surface area contributed by atoms with Gasteiger partial charge in [0.25, 0.3) is 5.56 Å². The van der Waals surface area contributed by atoms with Gasteiger partial charge in [-0.15, -0.1) is 11.3 Å². The number of aryl methyl sites for hydroxylation is 1. The molecule has 0 unspecified atom stereocenters. The van der Waals surface area contributed by atoms with E-state index in [2.05, 4.69) is 5.32 Å². The van der Waals surface area contributed by atoms with Gasteiger partial charge < -0.3 is 15.0 Å². The van der Waals surface area contributed by atoms with E-state index in [4.69, 9.17) is 4.74 Å².